The van der Waals surface area contributed by atoms with Gasteiger partial charge in [0.1, 0.15) is 4.90 Å². The highest BCUT2D eigenvalue weighted by atomic mass is 35.5. The number of sulfonamides is 1. The van der Waals surface area contributed by atoms with Crippen LogP contribution in [0.3, 0.4) is 0 Å². The maximum Gasteiger partial charge on any atom is 0.501 e. The number of amides is 1. The molecule has 1 amide bonds. The number of nitrogens with one attached hydrogen (secondary N) is 2. The molecular weight excluding hydrogens is 903 g/mol. The summed E-state index contributed by atoms with van der Waals surface area (Å²) < 4.78 is 103. The molecule has 3 aliphatic rings. The van der Waals surface area contributed by atoms with Gasteiger partial charge in [0.2, 0.25) is 0 Å². The van der Waals surface area contributed by atoms with Crippen molar-refractivity contribution in [2.24, 2.45) is 5.41 Å². The summed E-state index contributed by atoms with van der Waals surface area (Å²) in [4.78, 5) is 22.0. The summed E-state index contributed by atoms with van der Waals surface area (Å²) in [5.74, 6) is -0.701. The van der Waals surface area contributed by atoms with Crippen LogP contribution in [-0.2, 0) is 37.6 Å². The van der Waals surface area contributed by atoms with Crippen LogP contribution in [0.1, 0.15) is 65.5 Å². The van der Waals surface area contributed by atoms with E-state index in [-0.39, 0.29) is 10.4 Å². The number of allylic oxidation sites excluding steroid dienone is 1. The average molecular weight is 953 g/mol. The van der Waals surface area contributed by atoms with Gasteiger partial charge in [0.05, 0.1) is 29.5 Å². The van der Waals surface area contributed by atoms with Crippen LogP contribution in [0, 0.1) is 5.41 Å². The van der Waals surface area contributed by atoms with Gasteiger partial charge >= 0.3 is 5.51 Å². The number of hydrogen-bond acceptors (Lipinski definition) is 12. The normalized spacial score (nSPS) is 18.3. The van der Waals surface area contributed by atoms with Gasteiger partial charge < -0.3 is 10.1 Å². The van der Waals surface area contributed by atoms with Gasteiger partial charge in [0.15, 0.2) is 5.01 Å². The highest BCUT2D eigenvalue weighted by Gasteiger charge is 2.48. The van der Waals surface area contributed by atoms with Crippen LogP contribution in [0.15, 0.2) is 93.1 Å². The molecule has 19 heteroatoms. The van der Waals surface area contributed by atoms with Crippen molar-refractivity contribution >= 4 is 71.7 Å². The van der Waals surface area contributed by atoms with E-state index in [2.05, 4.69) is 33.9 Å². The van der Waals surface area contributed by atoms with Gasteiger partial charge in [-0.15, -0.1) is 23.1 Å². The molecule has 1 aromatic heterocycles. The summed E-state index contributed by atoms with van der Waals surface area (Å²) in [6, 6.07) is 19.2. The standard InChI is InChI=1S/C43H49ClF3N5O6S4/c1-42(2)17-14-35(29-8-10-31(44)11-9-29)30(25-42)26-52-19-16-36-38(27-52)60-41(49-36)40(53)50-62(56,57)34-12-13-37(39(24-34)61(54,55)43(45,46)47)48-32(15-18-51-20-22-58-23-21-51)28-59-33-6-4-3-5-7-33/h3-13,24,32,48H,14-23,25-28H2,1-2H3,(H,50,53)/t32-/m1/s1. The molecule has 2 N–H and O–H groups in total. The van der Waals surface area contributed by atoms with Crippen LogP contribution in [0.4, 0.5) is 18.9 Å². The average Bonchev–Trinajstić information content (AvgIpc) is 3.66. The summed E-state index contributed by atoms with van der Waals surface area (Å²) in [6.07, 6.45) is 3.89. The summed E-state index contributed by atoms with van der Waals surface area (Å²) in [5.41, 5.74) is -1.55. The van der Waals surface area contributed by atoms with E-state index in [9.17, 15) is 34.8 Å². The zero-order valence-electron chi connectivity index (χ0n) is 34.3. The number of rotatable bonds is 15. The zero-order valence-corrected chi connectivity index (χ0v) is 38.4. The van der Waals surface area contributed by atoms with Crippen LogP contribution >= 0.6 is 34.7 Å². The topological polar surface area (TPSA) is 138 Å². The van der Waals surface area contributed by atoms with Gasteiger partial charge in [0.25, 0.3) is 25.8 Å². The first kappa shape index (κ1) is 46.5. The molecule has 3 aromatic carbocycles. The molecule has 7 rings (SSSR count). The Morgan fingerprint density at radius 2 is 1.71 bits per heavy atom. The largest absolute Gasteiger partial charge is 0.501 e. The molecule has 3 heterocycles. The summed E-state index contributed by atoms with van der Waals surface area (Å²) in [5, 5.41) is 3.54. The molecule has 0 saturated carbocycles. The first-order valence-electron chi connectivity index (χ1n) is 20.3. The van der Waals surface area contributed by atoms with Crippen LogP contribution < -0.4 is 10.0 Å². The third-order valence-corrected chi connectivity index (χ3v) is 16.7. The molecule has 11 nitrogen and oxygen atoms in total. The SMILES string of the molecule is CC1(C)CCC(c2ccc(Cl)cc2)=C(CN2CCc3nc(C(=O)NS(=O)(=O)c4ccc(N[C@H](CCN5CCOCC5)CSc5ccccc5)c(S(=O)(=O)C(F)(F)F)c4)sc3C2)C1. The number of benzene rings is 3. The van der Waals surface area contributed by atoms with Crippen molar-refractivity contribution in [3.8, 4) is 0 Å². The molecule has 334 valence electrons. The number of sulfone groups is 1. The minimum Gasteiger partial charge on any atom is -0.380 e. The monoisotopic (exact) mass is 951 g/mol. The second kappa shape index (κ2) is 19.3. The lowest BCUT2D eigenvalue weighted by atomic mass is 9.72. The van der Waals surface area contributed by atoms with Gasteiger partial charge in [-0.25, -0.2) is 26.5 Å². The Kier molecular flexibility index (Phi) is 14.5. The van der Waals surface area contributed by atoms with Crippen LogP contribution in [0.5, 0.6) is 0 Å². The molecule has 1 atom stereocenters. The number of carbonyl (C=O) groups is 1. The number of hydrogen-bond donors (Lipinski definition) is 2. The third kappa shape index (κ3) is 11.4. The first-order valence-corrected chi connectivity index (χ1v) is 25.5. The zero-order chi connectivity index (χ0) is 44.3. The first-order chi connectivity index (χ1) is 29.4. The van der Waals surface area contributed by atoms with Crippen molar-refractivity contribution in [2.75, 3.05) is 57.0 Å². The number of carbonyl (C=O) groups excluding carboxylic acids is 1. The summed E-state index contributed by atoms with van der Waals surface area (Å²) >= 11 is 8.68. The second-order valence-corrected chi connectivity index (χ2v) is 22.7. The molecule has 0 spiro atoms. The van der Waals surface area contributed by atoms with E-state index >= 15 is 0 Å². The number of alkyl halides is 3. The van der Waals surface area contributed by atoms with Crippen molar-refractivity contribution in [3.63, 3.8) is 0 Å². The lowest BCUT2D eigenvalue weighted by Gasteiger charge is -2.36. The molecule has 0 radical (unpaired) electrons. The number of thioether (sulfide) groups is 1. The van der Waals surface area contributed by atoms with Crippen LogP contribution in [0.25, 0.3) is 5.57 Å². The van der Waals surface area contributed by atoms with Crippen molar-refractivity contribution in [3.05, 3.63) is 105 Å². The Bertz CT molecular complexity index is 2500. The summed E-state index contributed by atoms with van der Waals surface area (Å²) in [6.45, 7) is 9.42. The molecule has 1 aliphatic carbocycles. The van der Waals surface area contributed by atoms with Crippen molar-refractivity contribution in [1.82, 2.24) is 19.5 Å². The molecular formula is C43H49ClF3N5O6S4. The molecule has 0 unspecified atom stereocenters. The van der Waals surface area contributed by atoms with E-state index in [0.29, 0.717) is 87.9 Å². The third-order valence-electron chi connectivity index (χ3n) is 11.3. The molecule has 4 aromatic rings. The smallest absolute Gasteiger partial charge is 0.380 e. The second-order valence-electron chi connectivity index (χ2n) is 16.5. The number of thiazole rings is 1. The lowest BCUT2D eigenvalue weighted by molar-refractivity contribution is -0.0435. The van der Waals surface area contributed by atoms with Crippen molar-refractivity contribution < 1.29 is 39.5 Å². The van der Waals surface area contributed by atoms with E-state index in [0.717, 1.165) is 58.1 Å². The van der Waals surface area contributed by atoms with E-state index < -0.39 is 52.8 Å². The van der Waals surface area contributed by atoms with Crippen LogP contribution in [0.2, 0.25) is 5.02 Å². The maximum atomic E-state index is 14.2. The predicted octanol–water partition coefficient (Wildman–Crippen LogP) is 8.53. The number of morpholine rings is 1. The van der Waals surface area contributed by atoms with Gasteiger partial charge in [-0.2, -0.15) is 13.2 Å². The summed E-state index contributed by atoms with van der Waals surface area (Å²) in [7, 11) is -10.9. The Labute approximate surface area is 374 Å². The Morgan fingerprint density at radius 1 is 0.984 bits per heavy atom. The highest BCUT2D eigenvalue weighted by molar-refractivity contribution is 7.99. The minimum atomic E-state index is -6.06. The number of halogens is 4. The van der Waals surface area contributed by atoms with Gasteiger partial charge in [-0.1, -0.05) is 61.4 Å². The molecule has 2 aliphatic heterocycles. The fraction of sp³-hybridized carbons (Fsp3) is 0.442. The van der Waals surface area contributed by atoms with Crippen molar-refractivity contribution in [1.29, 1.82) is 0 Å². The lowest BCUT2D eigenvalue weighted by Crippen LogP contribution is -2.39. The van der Waals surface area contributed by atoms with E-state index in [4.69, 9.17) is 16.3 Å². The van der Waals surface area contributed by atoms with Crippen molar-refractivity contribution in [2.45, 2.75) is 78.7 Å². The number of aromatic nitrogens is 1. The van der Waals surface area contributed by atoms with Gasteiger partial charge in [0, 0.05) is 72.3 Å². The highest BCUT2D eigenvalue weighted by Crippen LogP contribution is 2.43. The van der Waals surface area contributed by atoms with Gasteiger partial charge in [-0.05, 0) is 84.7 Å². The van der Waals surface area contributed by atoms with E-state index in [1.54, 1.807) is 0 Å². The fourth-order valence-electron chi connectivity index (χ4n) is 7.97. The Hall–Kier alpha value is -3.49. The molecule has 1 fully saturated rings. The number of fused-ring (bicyclic) bond motifs is 1. The quantitative estimate of drug-likeness (QED) is 0.111. The van der Waals surface area contributed by atoms with E-state index in [1.165, 1.54) is 22.9 Å². The number of ether oxygens (including phenoxy) is 1. The molecule has 0 bridgehead atoms. The minimum absolute atomic E-state index is 0.124. The predicted molar refractivity (Wildman–Crippen MR) is 238 cm³/mol. The molecule has 1 saturated heterocycles. The Balaban J connectivity index is 1.08. The fourth-order valence-corrected chi connectivity index (χ4v) is 12.2. The van der Waals surface area contributed by atoms with E-state index in [1.807, 2.05) is 59.3 Å². The molecule has 62 heavy (non-hydrogen) atoms. The van der Waals surface area contributed by atoms with Gasteiger partial charge in [-0.3, -0.25) is 14.6 Å². The maximum absolute atomic E-state index is 14.2. The number of anilines is 1. The Morgan fingerprint density at radius 3 is 2.42 bits per heavy atom. The number of nitrogens with zero attached hydrogens (tertiary/aromatic N) is 3. The van der Waals surface area contributed by atoms with Crippen LogP contribution in [-0.4, -0.2) is 101 Å².